The highest BCUT2D eigenvalue weighted by Crippen LogP contribution is 2.23. The highest BCUT2D eigenvalue weighted by molar-refractivity contribution is 9.11. The maximum absolute atomic E-state index is 10.7. The Kier molecular flexibility index (Phi) is 4.50. The van der Waals surface area contributed by atoms with Gasteiger partial charge in [0, 0.05) is 17.2 Å². The summed E-state index contributed by atoms with van der Waals surface area (Å²) >= 11 is 6.55. The molecule has 0 aromatic carbocycles. The molecular formula is C7H9Br2N3O2S. The molecule has 1 rings (SSSR count). The van der Waals surface area contributed by atoms with Crippen LogP contribution in [-0.4, -0.2) is 25.7 Å². The number of halogens is 2. The average molecular weight is 359 g/mol. The number of nitrogens with one attached hydrogen (secondary N) is 1. The Morgan fingerprint density at radius 1 is 1.47 bits per heavy atom. The normalized spacial score (nSPS) is 11.4. The van der Waals surface area contributed by atoms with Crippen molar-refractivity contribution in [1.82, 2.24) is 4.98 Å². The van der Waals surface area contributed by atoms with Crippen LogP contribution in [0.25, 0.3) is 0 Å². The van der Waals surface area contributed by atoms with E-state index in [-0.39, 0.29) is 12.3 Å². The van der Waals surface area contributed by atoms with Gasteiger partial charge in [-0.05, 0) is 37.9 Å². The zero-order chi connectivity index (χ0) is 11.5. The molecule has 15 heavy (non-hydrogen) atoms. The van der Waals surface area contributed by atoms with Crippen LogP contribution in [0.3, 0.4) is 0 Å². The molecule has 0 amide bonds. The van der Waals surface area contributed by atoms with Gasteiger partial charge in [0.15, 0.2) is 0 Å². The quantitative estimate of drug-likeness (QED) is 0.849. The molecule has 0 saturated heterocycles. The number of primary sulfonamides is 1. The van der Waals surface area contributed by atoms with Crippen molar-refractivity contribution in [3.8, 4) is 0 Å². The monoisotopic (exact) mass is 357 g/mol. The Labute approximate surface area is 105 Å². The molecule has 0 aliphatic heterocycles. The summed E-state index contributed by atoms with van der Waals surface area (Å²) < 4.78 is 22.9. The molecule has 0 radical (unpaired) electrons. The number of nitrogens with two attached hydrogens (primary N) is 1. The van der Waals surface area contributed by atoms with Crippen LogP contribution in [0, 0.1) is 0 Å². The van der Waals surface area contributed by atoms with Gasteiger partial charge in [-0.3, -0.25) is 0 Å². The molecule has 0 atom stereocenters. The third kappa shape index (κ3) is 4.92. The predicted molar refractivity (Wildman–Crippen MR) is 66.1 cm³/mol. The maximum atomic E-state index is 10.7. The Morgan fingerprint density at radius 3 is 2.67 bits per heavy atom. The molecule has 0 saturated carbocycles. The maximum Gasteiger partial charge on any atom is 0.210 e. The first-order valence-electron chi connectivity index (χ1n) is 3.94. The van der Waals surface area contributed by atoms with Gasteiger partial charge < -0.3 is 5.32 Å². The van der Waals surface area contributed by atoms with E-state index in [0.717, 1.165) is 8.95 Å². The summed E-state index contributed by atoms with van der Waals surface area (Å²) in [7, 11) is -3.43. The van der Waals surface area contributed by atoms with Crippen LogP contribution in [0.4, 0.5) is 5.82 Å². The van der Waals surface area contributed by atoms with Gasteiger partial charge in [-0.15, -0.1) is 0 Å². The fourth-order valence-electron chi connectivity index (χ4n) is 0.856. The largest absolute Gasteiger partial charge is 0.368 e. The second kappa shape index (κ2) is 5.24. The second-order valence-corrected chi connectivity index (χ2v) is 6.28. The third-order valence-electron chi connectivity index (χ3n) is 1.49. The first-order chi connectivity index (χ1) is 6.88. The van der Waals surface area contributed by atoms with Gasteiger partial charge in [-0.1, -0.05) is 0 Å². The first-order valence-corrected chi connectivity index (χ1v) is 7.24. The van der Waals surface area contributed by atoms with Crippen LogP contribution in [0.2, 0.25) is 0 Å². The van der Waals surface area contributed by atoms with Crippen molar-refractivity contribution in [2.24, 2.45) is 5.14 Å². The van der Waals surface area contributed by atoms with Crippen LogP contribution in [0.15, 0.2) is 21.2 Å². The molecule has 5 nitrogen and oxygen atoms in total. The highest BCUT2D eigenvalue weighted by atomic mass is 79.9. The number of aromatic nitrogens is 1. The Morgan fingerprint density at radius 2 is 2.13 bits per heavy atom. The fraction of sp³-hybridized carbons (Fsp3) is 0.286. The lowest BCUT2D eigenvalue weighted by Gasteiger charge is -2.06. The van der Waals surface area contributed by atoms with Crippen molar-refractivity contribution in [2.45, 2.75) is 0 Å². The minimum absolute atomic E-state index is 0.128. The van der Waals surface area contributed by atoms with Crippen molar-refractivity contribution in [3.63, 3.8) is 0 Å². The van der Waals surface area contributed by atoms with Gasteiger partial charge in [0.1, 0.15) is 5.82 Å². The van der Waals surface area contributed by atoms with Crippen molar-refractivity contribution in [3.05, 3.63) is 21.2 Å². The van der Waals surface area contributed by atoms with Crippen molar-refractivity contribution in [1.29, 1.82) is 0 Å². The zero-order valence-electron chi connectivity index (χ0n) is 7.57. The van der Waals surface area contributed by atoms with Crippen LogP contribution < -0.4 is 10.5 Å². The van der Waals surface area contributed by atoms with Gasteiger partial charge in [0.25, 0.3) is 0 Å². The lowest BCUT2D eigenvalue weighted by Crippen LogP contribution is -2.22. The Hall–Kier alpha value is -0.180. The van der Waals surface area contributed by atoms with Crippen LogP contribution in [0.5, 0.6) is 0 Å². The van der Waals surface area contributed by atoms with Crippen LogP contribution >= 0.6 is 31.9 Å². The molecule has 0 unspecified atom stereocenters. The molecule has 1 heterocycles. The fourth-order valence-corrected chi connectivity index (χ4v) is 2.37. The smallest absolute Gasteiger partial charge is 0.210 e. The Bertz CT molecular complexity index is 450. The summed E-state index contributed by atoms with van der Waals surface area (Å²) in [6.07, 6.45) is 1.62. The summed E-state index contributed by atoms with van der Waals surface area (Å²) in [6, 6.07) is 1.81. The minimum Gasteiger partial charge on any atom is -0.368 e. The van der Waals surface area contributed by atoms with Crippen molar-refractivity contribution in [2.75, 3.05) is 17.6 Å². The standard InChI is InChI=1S/C7H9Br2N3O2S/c8-5-3-6(9)7(12-4-5)11-1-2-15(10,13)14/h3-4H,1-2H2,(H,11,12)(H2,10,13,14). The van der Waals surface area contributed by atoms with E-state index in [9.17, 15) is 8.42 Å². The van der Waals surface area contributed by atoms with E-state index >= 15 is 0 Å². The highest BCUT2D eigenvalue weighted by Gasteiger charge is 2.04. The van der Waals surface area contributed by atoms with E-state index in [1.54, 1.807) is 6.20 Å². The van der Waals surface area contributed by atoms with Gasteiger partial charge in [-0.2, -0.15) is 0 Å². The Balaban J connectivity index is 2.59. The van der Waals surface area contributed by atoms with Gasteiger partial charge in [0.05, 0.1) is 10.2 Å². The number of rotatable bonds is 4. The molecule has 0 fully saturated rings. The predicted octanol–water partition coefficient (Wildman–Crippen LogP) is 1.31. The third-order valence-corrected chi connectivity index (χ3v) is 3.30. The molecule has 1 aromatic heterocycles. The summed E-state index contributed by atoms with van der Waals surface area (Å²) in [5, 5.41) is 7.71. The number of pyridine rings is 1. The number of anilines is 1. The summed E-state index contributed by atoms with van der Waals surface area (Å²) in [6.45, 7) is 0.228. The summed E-state index contributed by atoms with van der Waals surface area (Å²) in [5.74, 6) is 0.457. The zero-order valence-corrected chi connectivity index (χ0v) is 11.6. The first kappa shape index (κ1) is 12.9. The lowest BCUT2D eigenvalue weighted by atomic mass is 10.4. The van der Waals surface area contributed by atoms with E-state index < -0.39 is 10.0 Å². The van der Waals surface area contributed by atoms with Crippen LogP contribution in [0.1, 0.15) is 0 Å². The summed E-state index contributed by atoms with van der Waals surface area (Å²) in [4.78, 5) is 4.06. The molecule has 8 heteroatoms. The van der Waals surface area contributed by atoms with Gasteiger partial charge >= 0.3 is 0 Å². The molecule has 3 N–H and O–H groups in total. The lowest BCUT2D eigenvalue weighted by molar-refractivity contribution is 0.598. The second-order valence-electron chi connectivity index (χ2n) is 2.78. The van der Waals surface area contributed by atoms with Crippen molar-refractivity contribution >= 4 is 47.7 Å². The van der Waals surface area contributed by atoms with E-state index in [1.807, 2.05) is 6.07 Å². The van der Waals surface area contributed by atoms with E-state index in [2.05, 4.69) is 42.2 Å². The number of nitrogens with zero attached hydrogens (tertiary/aromatic N) is 1. The molecule has 0 bridgehead atoms. The number of hydrogen-bond acceptors (Lipinski definition) is 4. The molecule has 0 spiro atoms. The molecular weight excluding hydrogens is 350 g/mol. The molecule has 1 aromatic rings. The molecule has 84 valence electrons. The van der Waals surface area contributed by atoms with E-state index in [0.29, 0.717) is 5.82 Å². The SMILES string of the molecule is NS(=O)(=O)CCNc1ncc(Br)cc1Br. The van der Waals surface area contributed by atoms with Gasteiger partial charge in [0.2, 0.25) is 10.0 Å². The van der Waals surface area contributed by atoms with Crippen LogP contribution in [-0.2, 0) is 10.0 Å². The molecule has 0 aliphatic carbocycles. The van der Waals surface area contributed by atoms with Crippen molar-refractivity contribution < 1.29 is 8.42 Å². The number of hydrogen-bond donors (Lipinski definition) is 2. The topological polar surface area (TPSA) is 85.1 Å². The number of sulfonamides is 1. The van der Waals surface area contributed by atoms with Gasteiger partial charge in [-0.25, -0.2) is 18.5 Å². The summed E-state index contributed by atoms with van der Waals surface area (Å²) in [5.41, 5.74) is 0. The minimum atomic E-state index is -3.43. The van der Waals surface area contributed by atoms with E-state index in [4.69, 9.17) is 5.14 Å². The van der Waals surface area contributed by atoms with E-state index in [1.165, 1.54) is 0 Å². The molecule has 0 aliphatic rings. The average Bonchev–Trinajstić information content (AvgIpc) is 2.07.